The number of aliphatic carboxylic acids is 3. The predicted octanol–water partition coefficient (Wildman–Crippen LogP) is 8.54. The summed E-state index contributed by atoms with van der Waals surface area (Å²) in [4.78, 5) is 43.1. The van der Waals surface area contributed by atoms with Crippen LogP contribution in [0.25, 0.3) is 0 Å². The van der Waals surface area contributed by atoms with Crippen molar-refractivity contribution in [2.75, 3.05) is 6.61 Å². The Morgan fingerprint density at radius 1 is 0.535 bits per heavy atom. The third-order valence-corrected chi connectivity index (χ3v) is 7.67. The van der Waals surface area contributed by atoms with E-state index in [-0.39, 0.29) is 11.9 Å². The first-order chi connectivity index (χ1) is 20.5. The van der Waals surface area contributed by atoms with Gasteiger partial charge in [-0.1, -0.05) is 143 Å². The summed E-state index contributed by atoms with van der Waals surface area (Å²) in [5.41, 5.74) is -2.74. The third-order valence-electron chi connectivity index (χ3n) is 7.67. The van der Waals surface area contributed by atoms with Gasteiger partial charge in [0, 0.05) is 0 Å². The van der Waals surface area contributed by atoms with Crippen LogP contribution in [0.2, 0.25) is 0 Å². The van der Waals surface area contributed by atoms with Crippen LogP contribution in [0.15, 0.2) is 0 Å². The number of hydrogen-bond acceptors (Lipinski definition) is 6. The molecule has 0 fully saturated rings. The number of rotatable bonds is 29. The molecule has 254 valence electrons. The lowest BCUT2D eigenvalue weighted by molar-refractivity contribution is -0.170. The second kappa shape index (κ2) is 29.9. The first-order valence-electron chi connectivity index (χ1n) is 17.1. The van der Waals surface area contributed by atoms with Gasteiger partial charge in [-0.25, -0.2) is 4.79 Å². The predicted molar refractivity (Wildman–Crippen MR) is 170 cm³/mol. The van der Waals surface area contributed by atoms with Crippen LogP contribution in [0, 0.1) is 5.92 Å². The zero-order chi connectivity index (χ0) is 32.8. The number of carboxylic acids is 3. The molecule has 1 atom stereocenters. The molecule has 0 rings (SSSR count). The van der Waals surface area contributed by atoms with Gasteiger partial charge in [-0.3, -0.25) is 14.4 Å². The Morgan fingerprint density at radius 3 is 1.21 bits per heavy atom. The molecule has 0 bridgehead atoms. The summed E-state index contributed by atoms with van der Waals surface area (Å²) >= 11 is 0. The van der Waals surface area contributed by atoms with Crippen LogP contribution in [-0.2, 0) is 23.9 Å². The summed E-state index contributed by atoms with van der Waals surface area (Å²) < 4.78 is 5.69. The Hall–Kier alpha value is -2.16. The van der Waals surface area contributed by atoms with Crippen LogP contribution in [-0.4, -0.2) is 56.5 Å². The molecule has 0 aliphatic carbocycles. The molecule has 0 aromatic heterocycles. The van der Waals surface area contributed by atoms with E-state index in [0.717, 1.165) is 19.3 Å². The Balaban J connectivity index is 0. The Kier molecular flexibility index (Phi) is 29.9. The maximum atomic E-state index is 12.6. The summed E-state index contributed by atoms with van der Waals surface area (Å²) in [6, 6.07) is 0. The third kappa shape index (κ3) is 28.4. The number of unbranched alkanes of at least 4 members (excludes halogenated alkanes) is 17. The van der Waals surface area contributed by atoms with Crippen molar-refractivity contribution >= 4 is 23.9 Å². The number of carbonyl (C=O) groups excluding carboxylic acids is 1. The molecule has 0 aliphatic rings. The van der Waals surface area contributed by atoms with Crippen LogP contribution in [0.4, 0.5) is 0 Å². The highest BCUT2D eigenvalue weighted by atomic mass is 16.5. The standard InChI is InChI=1S/C28H56O2.C6H8O7/c1-4-7-10-13-15-17-19-22-25-27(24-21-12-9-6-3)28(29)30-26-23-20-18-16-14-11-8-5-2;7-3(8)1-6(13,5(11)12)2-4(9)10/h27H,4-26H2,1-3H3;13H,1-2H2,(H,7,8)(H,9,10)(H,11,12). The zero-order valence-corrected chi connectivity index (χ0v) is 27.6. The molecule has 0 amide bonds. The Bertz CT molecular complexity index is 692. The van der Waals surface area contributed by atoms with Gasteiger partial charge in [0.15, 0.2) is 5.60 Å². The maximum absolute atomic E-state index is 12.6. The lowest BCUT2D eigenvalue weighted by Crippen LogP contribution is -2.42. The summed E-state index contributed by atoms with van der Waals surface area (Å²) in [6.07, 6.45) is 25.7. The molecule has 0 saturated heterocycles. The fraction of sp³-hybridized carbons (Fsp3) is 0.882. The molecule has 0 spiro atoms. The number of esters is 1. The highest BCUT2D eigenvalue weighted by Gasteiger charge is 2.40. The van der Waals surface area contributed by atoms with Crippen LogP contribution in [0.1, 0.15) is 175 Å². The summed E-state index contributed by atoms with van der Waals surface area (Å²) in [5, 5.41) is 33.8. The fourth-order valence-corrected chi connectivity index (χ4v) is 4.96. The topological polar surface area (TPSA) is 158 Å². The second-order valence-corrected chi connectivity index (χ2v) is 11.9. The normalized spacial score (nSPS) is 11.8. The van der Waals surface area contributed by atoms with E-state index in [2.05, 4.69) is 20.8 Å². The lowest BCUT2D eigenvalue weighted by atomic mass is 9.94. The van der Waals surface area contributed by atoms with Crippen LogP contribution < -0.4 is 0 Å². The van der Waals surface area contributed by atoms with Gasteiger partial charge in [-0.2, -0.15) is 0 Å². The average molecular weight is 617 g/mol. The largest absolute Gasteiger partial charge is 0.481 e. The van der Waals surface area contributed by atoms with Gasteiger partial charge in [-0.15, -0.1) is 0 Å². The van der Waals surface area contributed by atoms with Gasteiger partial charge in [0.2, 0.25) is 0 Å². The number of hydrogen-bond donors (Lipinski definition) is 4. The van der Waals surface area contributed by atoms with E-state index in [1.165, 1.54) is 122 Å². The summed E-state index contributed by atoms with van der Waals surface area (Å²) in [7, 11) is 0. The molecular formula is C34H64O9. The summed E-state index contributed by atoms with van der Waals surface area (Å²) in [6.45, 7) is 7.42. The number of ether oxygens (including phenoxy) is 1. The van der Waals surface area contributed by atoms with E-state index < -0.39 is 36.4 Å². The van der Waals surface area contributed by atoms with Crippen molar-refractivity contribution < 1.29 is 44.3 Å². The van der Waals surface area contributed by atoms with Crippen molar-refractivity contribution in [2.24, 2.45) is 5.92 Å². The minimum absolute atomic E-state index is 0.0948. The van der Waals surface area contributed by atoms with Crippen LogP contribution >= 0.6 is 0 Å². The molecular weight excluding hydrogens is 552 g/mol. The molecule has 4 N–H and O–H groups in total. The van der Waals surface area contributed by atoms with E-state index >= 15 is 0 Å². The average Bonchev–Trinajstić information content (AvgIpc) is 2.94. The van der Waals surface area contributed by atoms with Gasteiger partial charge in [0.1, 0.15) is 0 Å². The van der Waals surface area contributed by atoms with Crippen molar-refractivity contribution in [1.82, 2.24) is 0 Å². The highest BCUT2D eigenvalue weighted by Crippen LogP contribution is 2.21. The SMILES string of the molecule is CCCCCCCCCCOC(=O)C(CCCCCC)CCCCCCCCCC.O=C(O)CC(O)(CC(=O)O)C(=O)O. The molecule has 0 aliphatic heterocycles. The fourth-order valence-electron chi connectivity index (χ4n) is 4.96. The summed E-state index contributed by atoms with van der Waals surface area (Å²) in [5.74, 6) is -4.78. The first kappa shape index (κ1) is 43.0. The molecule has 0 aromatic rings. The van der Waals surface area contributed by atoms with E-state index in [0.29, 0.717) is 6.61 Å². The van der Waals surface area contributed by atoms with Crippen LogP contribution in [0.5, 0.6) is 0 Å². The van der Waals surface area contributed by atoms with Crippen molar-refractivity contribution in [1.29, 1.82) is 0 Å². The molecule has 0 saturated carbocycles. The first-order valence-corrected chi connectivity index (χ1v) is 17.1. The number of aliphatic hydroxyl groups is 1. The molecule has 0 radical (unpaired) electrons. The van der Waals surface area contributed by atoms with Gasteiger partial charge >= 0.3 is 23.9 Å². The second-order valence-electron chi connectivity index (χ2n) is 11.9. The van der Waals surface area contributed by atoms with Gasteiger partial charge in [0.05, 0.1) is 25.4 Å². The molecule has 9 heteroatoms. The van der Waals surface area contributed by atoms with Gasteiger partial charge < -0.3 is 25.2 Å². The number of carboxylic acid groups (broad SMARTS) is 3. The Labute approximate surface area is 261 Å². The monoisotopic (exact) mass is 616 g/mol. The molecule has 1 unspecified atom stereocenters. The van der Waals surface area contributed by atoms with Gasteiger partial charge in [-0.05, 0) is 19.3 Å². The van der Waals surface area contributed by atoms with Gasteiger partial charge in [0.25, 0.3) is 0 Å². The molecule has 0 heterocycles. The van der Waals surface area contributed by atoms with E-state index in [1.807, 2.05) is 0 Å². The quantitative estimate of drug-likeness (QED) is 0.0477. The molecule has 0 aromatic carbocycles. The molecule has 9 nitrogen and oxygen atoms in total. The van der Waals surface area contributed by atoms with Crippen molar-refractivity contribution in [3.8, 4) is 0 Å². The Morgan fingerprint density at radius 2 is 0.860 bits per heavy atom. The smallest absolute Gasteiger partial charge is 0.336 e. The highest BCUT2D eigenvalue weighted by molar-refractivity contribution is 5.88. The van der Waals surface area contributed by atoms with Crippen molar-refractivity contribution in [3.63, 3.8) is 0 Å². The van der Waals surface area contributed by atoms with Crippen molar-refractivity contribution in [2.45, 2.75) is 180 Å². The van der Waals surface area contributed by atoms with E-state index in [9.17, 15) is 19.2 Å². The minimum Gasteiger partial charge on any atom is -0.481 e. The van der Waals surface area contributed by atoms with E-state index in [4.69, 9.17) is 25.2 Å². The maximum Gasteiger partial charge on any atom is 0.336 e. The molecule has 43 heavy (non-hydrogen) atoms. The lowest BCUT2D eigenvalue weighted by Gasteiger charge is -2.18. The number of carbonyl (C=O) groups is 4. The minimum atomic E-state index is -2.74. The van der Waals surface area contributed by atoms with Crippen molar-refractivity contribution in [3.05, 3.63) is 0 Å². The van der Waals surface area contributed by atoms with E-state index in [1.54, 1.807) is 0 Å². The zero-order valence-electron chi connectivity index (χ0n) is 27.6. The van der Waals surface area contributed by atoms with Crippen LogP contribution in [0.3, 0.4) is 0 Å².